The number of rotatable bonds is 5. The molecule has 5 rings (SSSR count). The van der Waals surface area contributed by atoms with Crippen molar-refractivity contribution in [3.63, 3.8) is 0 Å². The van der Waals surface area contributed by atoms with Crippen LogP contribution in [0.1, 0.15) is 38.8 Å². The van der Waals surface area contributed by atoms with Gasteiger partial charge < -0.3 is 9.80 Å². The highest BCUT2D eigenvalue weighted by Crippen LogP contribution is 2.31. The van der Waals surface area contributed by atoms with E-state index in [1.807, 2.05) is 23.1 Å². The first-order chi connectivity index (χ1) is 16.1. The molecule has 2 heterocycles. The summed E-state index contributed by atoms with van der Waals surface area (Å²) in [5.74, 6) is -0.0313. The first-order valence-electron chi connectivity index (χ1n) is 11.3. The van der Waals surface area contributed by atoms with Crippen molar-refractivity contribution in [3.8, 4) is 0 Å². The number of amides is 1. The Balaban J connectivity index is 1.24. The van der Waals surface area contributed by atoms with E-state index >= 15 is 0 Å². The molecule has 166 valence electrons. The van der Waals surface area contributed by atoms with Crippen molar-refractivity contribution in [2.45, 2.75) is 13.3 Å². The molecule has 0 spiro atoms. The van der Waals surface area contributed by atoms with Gasteiger partial charge in [-0.1, -0.05) is 72.9 Å². The maximum Gasteiger partial charge on any atom is 0.253 e. The minimum Gasteiger partial charge on any atom is -0.345 e. The Labute approximate surface area is 197 Å². The number of aryl methyl sites for hydroxylation is 1. The number of fused-ring (bicyclic) bond motifs is 1. The van der Waals surface area contributed by atoms with Crippen LogP contribution in [0.25, 0.3) is 10.2 Å². The van der Waals surface area contributed by atoms with Crippen molar-refractivity contribution >= 4 is 38.4 Å². The second kappa shape index (κ2) is 9.16. The van der Waals surface area contributed by atoms with E-state index < -0.39 is 0 Å². The van der Waals surface area contributed by atoms with Gasteiger partial charge >= 0.3 is 0 Å². The highest BCUT2D eigenvalue weighted by atomic mass is 32.1. The van der Waals surface area contributed by atoms with Gasteiger partial charge in [0.1, 0.15) is 0 Å². The zero-order valence-corrected chi connectivity index (χ0v) is 19.3. The SMILES string of the molecule is CCc1cccc2sc(N3CCN(C(=O)c4ccc(C(=O)c5ccccc5)cc4)CC3)nc12. The summed E-state index contributed by atoms with van der Waals surface area (Å²) < 4.78 is 1.22. The van der Waals surface area contributed by atoms with E-state index in [0.717, 1.165) is 30.2 Å². The monoisotopic (exact) mass is 455 g/mol. The van der Waals surface area contributed by atoms with Gasteiger partial charge in [0, 0.05) is 42.9 Å². The molecule has 1 saturated heterocycles. The predicted octanol–water partition coefficient (Wildman–Crippen LogP) is 5.05. The van der Waals surface area contributed by atoms with Gasteiger partial charge in [0.05, 0.1) is 10.2 Å². The third kappa shape index (κ3) is 4.26. The lowest BCUT2D eigenvalue weighted by Gasteiger charge is -2.34. The maximum absolute atomic E-state index is 13.0. The molecule has 4 aromatic rings. The molecule has 6 heteroatoms. The van der Waals surface area contributed by atoms with E-state index in [1.54, 1.807) is 47.7 Å². The van der Waals surface area contributed by atoms with Crippen molar-refractivity contribution in [1.29, 1.82) is 0 Å². The number of hydrogen-bond acceptors (Lipinski definition) is 5. The Kier molecular flexibility index (Phi) is 5.92. The fourth-order valence-corrected chi connectivity index (χ4v) is 5.28. The van der Waals surface area contributed by atoms with Gasteiger partial charge in [-0.25, -0.2) is 4.98 Å². The number of anilines is 1. The summed E-state index contributed by atoms with van der Waals surface area (Å²) in [5.41, 5.74) is 4.22. The Morgan fingerprint density at radius 1 is 0.818 bits per heavy atom. The third-order valence-corrected chi connectivity index (χ3v) is 7.22. The number of benzene rings is 3. The van der Waals surface area contributed by atoms with Crippen LogP contribution in [0.15, 0.2) is 72.8 Å². The smallest absolute Gasteiger partial charge is 0.253 e. The van der Waals surface area contributed by atoms with Gasteiger partial charge in [0.25, 0.3) is 5.91 Å². The molecule has 1 aromatic heterocycles. The number of carbonyl (C=O) groups is 2. The first-order valence-corrected chi connectivity index (χ1v) is 12.1. The molecule has 5 nitrogen and oxygen atoms in total. The minimum atomic E-state index is -0.0368. The molecule has 0 N–H and O–H groups in total. The topological polar surface area (TPSA) is 53.5 Å². The number of piperazine rings is 1. The van der Waals surface area contributed by atoms with E-state index in [1.165, 1.54) is 10.3 Å². The normalized spacial score (nSPS) is 14.0. The number of aromatic nitrogens is 1. The quantitative estimate of drug-likeness (QED) is 0.395. The van der Waals surface area contributed by atoms with Gasteiger partial charge in [-0.3, -0.25) is 9.59 Å². The van der Waals surface area contributed by atoms with E-state index in [2.05, 4.69) is 30.0 Å². The minimum absolute atomic E-state index is 0.00549. The number of nitrogens with zero attached hydrogens (tertiary/aromatic N) is 3. The summed E-state index contributed by atoms with van der Waals surface area (Å²) in [6.07, 6.45) is 0.971. The third-order valence-electron chi connectivity index (χ3n) is 6.14. The van der Waals surface area contributed by atoms with Crippen molar-refractivity contribution in [1.82, 2.24) is 9.88 Å². The highest BCUT2D eigenvalue weighted by Gasteiger charge is 2.24. The fraction of sp³-hybridized carbons (Fsp3) is 0.222. The van der Waals surface area contributed by atoms with Gasteiger partial charge in [0.15, 0.2) is 10.9 Å². The van der Waals surface area contributed by atoms with Crippen LogP contribution < -0.4 is 4.90 Å². The van der Waals surface area contributed by atoms with Crippen molar-refractivity contribution in [3.05, 3.63) is 95.1 Å². The van der Waals surface area contributed by atoms with Crippen LogP contribution in [0, 0.1) is 0 Å². The molecule has 0 bridgehead atoms. The van der Waals surface area contributed by atoms with Gasteiger partial charge in [0.2, 0.25) is 0 Å². The number of para-hydroxylation sites is 1. The standard InChI is InChI=1S/C27H25N3O2S/c1-2-19-9-6-10-23-24(19)28-27(33-23)30-17-15-29(16-18-30)26(32)22-13-11-21(12-14-22)25(31)20-7-4-3-5-8-20/h3-14H,2,15-18H2,1H3. The molecule has 0 saturated carbocycles. The largest absolute Gasteiger partial charge is 0.345 e. The molecule has 1 fully saturated rings. The Morgan fingerprint density at radius 2 is 1.48 bits per heavy atom. The number of hydrogen-bond donors (Lipinski definition) is 0. The molecule has 1 aliphatic heterocycles. The van der Waals surface area contributed by atoms with Gasteiger partial charge in [-0.05, 0) is 30.2 Å². The molecular weight excluding hydrogens is 430 g/mol. The second-order valence-corrected chi connectivity index (χ2v) is 9.17. The van der Waals surface area contributed by atoms with Crippen LogP contribution in [0.3, 0.4) is 0 Å². The Bertz CT molecular complexity index is 1290. The Hall–Kier alpha value is -3.51. The zero-order chi connectivity index (χ0) is 22.8. The van der Waals surface area contributed by atoms with Crippen LogP contribution in [0.4, 0.5) is 5.13 Å². The van der Waals surface area contributed by atoms with Crippen molar-refractivity contribution in [2.24, 2.45) is 0 Å². The maximum atomic E-state index is 13.0. The number of thiazole rings is 1. The summed E-state index contributed by atoms with van der Waals surface area (Å²) in [5, 5.41) is 1.03. The van der Waals surface area contributed by atoms with Crippen molar-refractivity contribution in [2.75, 3.05) is 31.1 Å². The van der Waals surface area contributed by atoms with Crippen LogP contribution in [-0.2, 0) is 6.42 Å². The van der Waals surface area contributed by atoms with Crippen LogP contribution >= 0.6 is 11.3 Å². The zero-order valence-electron chi connectivity index (χ0n) is 18.5. The number of ketones is 1. The summed E-state index contributed by atoms with van der Waals surface area (Å²) in [4.78, 5) is 34.7. The molecular formula is C27H25N3O2S. The highest BCUT2D eigenvalue weighted by molar-refractivity contribution is 7.22. The van der Waals surface area contributed by atoms with Crippen LogP contribution in [0.5, 0.6) is 0 Å². The molecule has 33 heavy (non-hydrogen) atoms. The summed E-state index contributed by atoms with van der Waals surface area (Å²) in [6.45, 7) is 4.98. The lowest BCUT2D eigenvalue weighted by molar-refractivity contribution is 0.0746. The van der Waals surface area contributed by atoms with Gasteiger partial charge in [-0.2, -0.15) is 0 Å². The van der Waals surface area contributed by atoms with E-state index in [9.17, 15) is 9.59 Å². The molecule has 1 amide bonds. The lowest BCUT2D eigenvalue weighted by atomic mass is 10.0. The van der Waals surface area contributed by atoms with E-state index in [-0.39, 0.29) is 11.7 Å². The molecule has 0 aliphatic carbocycles. The van der Waals surface area contributed by atoms with Crippen LogP contribution in [-0.4, -0.2) is 47.8 Å². The average Bonchev–Trinajstić information content (AvgIpc) is 3.33. The average molecular weight is 456 g/mol. The Morgan fingerprint density at radius 3 is 2.18 bits per heavy atom. The first kappa shape index (κ1) is 21.3. The molecule has 1 aliphatic rings. The van der Waals surface area contributed by atoms with Crippen molar-refractivity contribution < 1.29 is 9.59 Å². The van der Waals surface area contributed by atoms with Crippen LogP contribution in [0.2, 0.25) is 0 Å². The number of carbonyl (C=O) groups excluding carboxylic acids is 2. The molecule has 0 unspecified atom stereocenters. The summed E-state index contributed by atoms with van der Waals surface area (Å²) in [6, 6.07) is 22.5. The summed E-state index contributed by atoms with van der Waals surface area (Å²) in [7, 11) is 0. The van der Waals surface area contributed by atoms with Gasteiger partial charge in [-0.15, -0.1) is 0 Å². The lowest BCUT2D eigenvalue weighted by Crippen LogP contribution is -2.48. The second-order valence-electron chi connectivity index (χ2n) is 8.17. The molecule has 0 radical (unpaired) electrons. The summed E-state index contributed by atoms with van der Waals surface area (Å²) >= 11 is 1.72. The molecule has 3 aromatic carbocycles. The molecule has 0 atom stereocenters. The van der Waals surface area contributed by atoms with E-state index in [0.29, 0.717) is 29.8 Å². The van der Waals surface area contributed by atoms with E-state index in [4.69, 9.17) is 4.98 Å². The predicted molar refractivity (Wildman–Crippen MR) is 133 cm³/mol. The fourth-order valence-electron chi connectivity index (χ4n) is 4.22.